The Balaban J connectivity index is 4.25. The standard InChI is InChI=1S/C8H18O5/c1-6(2,9)12-8(5,11)13-7(3,4)10/h9-11H,1-5H3. The third-order valence-corrected chi connectivity index (χ3v) is 0.878. The van der Waals surface area contributed by atoms with Crippen LogP contribution >= 0.6 is 0 Å². The first-order valence-electron chi connectivity index (χ1n) is 3.99. The van der Waals surface area contributed by atoms with Crippen molar-refractivity contribution in [3.8, 4) is 0 Å². The smallest absolute Gasteiger partial charge is 0.282 e. The summed E-state index contributed by atoms with van der Waals surface area (Å²) in [5, 5.41) is 27.8. The van der Waals surface area contributed by atoms with Crippen LogP contribution in [0.2, 0.25) is 0 Å². The van der Waals surface area contributed by atoms with Gasteiger partial charge in [0.15, 0.2) is 11.6 Å². The van der Waals surface area contributed by atoms with Gasteiger partial charge in [-0.3, -0.25) is 9.47 Å². The van der Waals surface area contributed by atoms with E-state index in [0.29, 0.717) is 0 Å². The SMILES string of the molecule is CC(C)(O)OC(C)(O)OC(C)(C)O. The highest BCUT2D eigenvalue weighted by Crippen LogP contribution is 2.21. The van der Waals surface area contributed by atoms with E-state index >= 15 is 0 Å². The lowest BCUT2D eigenvalue weighted by Crippen LogP contribution is -2.46. The molecule has 3 N–H and O–H groups in total. The molecule has 0 bridgehead atoms. The van der Waals surface area contributed by atoms with Gasteiger partial charge in [0.2, 0.25) is 0 Å². The fourth-order valence-corrected chi connectivity index (χ4v) is 0.948. The van der Waals surface area contributed by atoms with E-state index in [2.05, 4.69) is 0 Å². The molecule has 0 aliphatic carbocycles. The summed E-state index contributed by atoms with van der Waals surface area (Å²) >= 11 is 0. The van der Waals surface area contributed by atoms with Crippen molar-refractivity contribution in [2.45, 2.75) is 52.2 Å². The Morgan fingerprint density at radius 3 is 1.08 bits per heavy atom. The molecule has 0 aromatic rings. The van der Waals surface area contributed by atoms with E-state index in [1.807, 2.05) is 0 Å². The topological polar surface area (TPSA) is 79.2 Å². The lowest BCUT2D eigenvalue weighted by atomic mass is 10.3. The Morgan fingerprint density at radius 1 is 0.692 bits per heavy atom. The first-order valence-corrected chi connectivity index (χ1v) is 3.99. The number of aliphatic hydroxyl groups is 3. The largest absolute Gasteiger partial charge is 0.366 e. The van der Waals surface area contributed by atoms with E-state index in [-0.39, 0.29) is 0 Å². The summed E-state index contributed by atoms with van der Waals surface area (Å²) in [4.78, 5) is 0. The minimum absolute atomic E-state index is 1.18. The second-order valence-electron chi connectivity index (χ2n) is 4.00. The van der Waals surface area contributed by atoms with Crippen LogP contribution in [0.15, 0.2) is 0 Å². The second-order valence-corrected chi connectivity index (χ2v) is 4.00. The van der Waals surface area contributed by atoms with Crippen molar-refractivity contribution in [1.82, 2.24) is 0 Å². The Kier molecular flexibility index (Phi) is 3.46. The van der Waals surface area contributed by atoms with Crippen LogP contribution < -0.4 is 0 Å². The van der Waals surface area contributed by atoms with Crippen LogP contribution in [0, 0.1) is 0 Å². The second kappa shape index (κ2) is 3.51. The minimum Gasteiger partial charge on any atom is -0.366 e. The first-order chi connectivity index (χ1) is 5.41. The van der Waals surface area contributed by atoms with E-state index < -0.39 is 17.5 Å². The Morgan fingerprint density at radius 2 is 0.923 bits per heavy atom. The molecule has 13 heavy (non-hydrogen) atoms. The zero-order chi connectivity index (χ0) is 10.9. The molecule has 0 heterocycles. The predicted octanol–water partition coefficient (Wildman–Crippen LogP) is 0.142. The summed E-state index contributed by atoms with van der Waals surface area (Å²) in [5.74, 6) is -5.10. The van der Waals surface area contributed by atoms with Crippen molar-refractivity contribution < 1.29 is 24.8 Å². The molecule has 0 saturated heterocycles. The molecule has 0 atom stereocenters. The van der Waals surface area contributed by atoms with Crippen molar-refractivity contribution >= 4 is 0 Å². The first kappa shape index (κ1) is 12.8. The van der Waals surface area contributed by atoms with Gasteiger partial charge in [0.1, 0.15) is 0 Å². The lowest BCUT2D eigenvalue weighted by Gasteiger charge is -2.34. The maximum absolute atomic E-state index is 9.42. The number of ether oxygens (including phenoxy) is 2. The van der Waals surface area contributed by atoms with Crippen LogP contribution in [0.4, 0.5) is 0 Å². The van der Waals surface area contributed by atoms with Gasteiger partial charge in [-0.2, -0.15) is 0 Å². The van der Waals surface area contributed by atoms with Crippen molar-refractivity contribution in [2.24, 2.45) is 0 Å². The van der Waals surface area contributed by atoms with Gasteiger partial charge in [-0.15, -0.1) is 0 Å². The Labute approximate surface area is 77.9 Å². The van der Waals surface area contributed by atoms with Gasteiger partial charge in [-0.1, -0.05) is 0 Å². The van der Waals surface area contributed by atoms with Crippen molar-refractivity contribution in [3.05, 3.63) is 0 Å². The third kappa shape index (κ3) is 8.14. The van der Waals surface area contributed by atoms with Crippen LogP contribution in [0.5, 0.6) is 0 Å². The molecule has 5 nitrogen and oxygen atoms in total. The van der Waals surface area contributed by atoms with Gasteiger partial charge < -0.3 is 15.3 Å². The monoisotopic (exact) mass is 194 g/mol. The van der Waals surface area contributed by atoms with E-state index in [9.17, 15) is 15.3 Å². The molecule has 0 aliphatic rings. The normalized spacial score (nSPS) is 14.8. The van der Waals surface area contributed by atoms with Crippen molar-refractivity contribution in [2.75, 3.05) is 0 Å². The maximum atomic E-state index is 9.42. The summed E-state index contributed by atoms with van der Waals surface area (Å²) in [6.07, 6.45) is 0. The molecule has 0 unspecified atom stereocenters. The Bertz CT molecular complexity index is 144. The molecule has 0 saturated carbocycles. The molecule has 5 heteroatoms. The van der Waals surface area contributed by atoms with Crippen molar-refractivity contribution in [3.63, 3.8) is 0 Å². The van der Waals surface area contributed by atoms with Crippen LogP contribution in [0.25, 0.3) is 0 Å². The number of hydrogen-bond acceptors (Lipinski definition) is 5. The van der Waals surface area contributed by atoms with Crippen LogP contribution in [0.1, 0.15) is 34.6 Å². The fourth-order valence-electron chi connectivity index (χ4n) is 0.948. The number of rotatable bonds is 4. The minimum atomic E-state index is -2.03. The molecule has 0 aliphatic heterocycles. The van der Waals surface area contributed by atoms with Gasteiger partial charge in [0.05, 0.1) is 0 Å². The van der Waals surface area contributed by atoms with Crippen LogP contribution in [-0.2, 0) is 9.47 Å². The maximum Gasteiger partial charge on any atom is 0.282 e. The summed E-state index contributed by atoms with van der Waals surface area (Å²) in [5.41, 5.74) is 0. The number of hydrogen-bond donors (Lipinski definition) is 3. The van der Waals surface area contributed by atoms with Gasteiger partial charge in [-0.05, 0) is 27.7 Å². The lowest BCUT2D eigenvalue weighted by molar-refractivity contribution is -0.455. The van der Waals surface area contributed by atoms with E-state index in [0.717, 1.165) is 0 Å². The van der Waals surface area contributed by atoms with Gasteiger partial charge in [-0.25, -0.2) is 0 Å². The van der Waals surface area contributed by atoms with Gasteiger partial charge in [0.25, 0.3) is 5.97 Å². The molecule has 0 amide bonds. The highest BCUT2D eigenvalue weighted by molar-refractivity contribution is 4.58. The van der Waals surface area contributed by atoms with E-state index in [1.165, 1.54) is 34.6 Å². The average molecular weight is 194 g/mol. The molecule has 0 aromatic carbocycles. The van der Waals surface area contributed by atoms with Gasteiger partial charge >= 0.3 is 0 Å². The molecule has 0 spiro atoms. The summed E-state index contributed by atoms with van der Waals surface area (Å²) < 4.78 is 9.46. The highest BCUT2D eigenvalue weighted by atomic mass is 16.9. The predicted molar refractivity (Wildman–Crippen MR) is 45.4 cm³/mol. The molecule has 0 aromatic heterocycles. The molecule has 0 fully saturated rings. The van der Waals surface area contributed by atoms with Crippen LogP contribution in [0.3, 0.4) is 0 Å². The molecular weight excluding hydrogens is 176 g/mol. The quantitative estimate of drug-likeness (QED) is 0.555. The summed E-state index contributed by atoms with van der Waals surface area (Å²) in [7, 11) is 0. The van der Waals surface area contributed by atoms with E-state index in [4.69, 9.17) is 9.47 Å². The summed E-state index contributed by atoms with van der Waals surface area (Å²) in [6.45, 7) is 6.55. The average Bonchev–Trinajstić information content (AvgIpc) is 1.43. The molecule has 80 valence electrons. The summed E-state index contributed by atoms with van der Waals surface area (Å²) in [6, 6.07) is 0. The third-order valence-electron chi connectivity index (χ3n) is 0.878. The van der Waals surface area contributed by atoms with Crippen molar-refractivity contribution in [1.29, 1.82) is 0 Å². The van der Waals surface area contributed by atoms with Crippen LogP contribution in [-0.4, -0.2) is 32.9 Å². The fraction of sp³-hybridized carbons (Fsp3) is 1.00. The highest BCUT2D eigenvalue weighted by Gasteiger charge is 2.35. The van der Waals surface area contributed by atoms with Gasteiger partial charge in [0, 0.05) is 6.92 Å². The molecular formula is C8H18O5. The zero-order valence-corrected chi connectivity index (χ0v) is 8.66. The molecule has 0 radical (unpaired) electrons. The molecule has 0 rings (SSSR count). The zero-order valence-electron chi connectivity index (χ0n) is 8.66. The van der Waals surface area contributed by atoms with E-state index in [1.54, 1.807) is 0 Å². The Hall–Kier alpha value is -0.200.